The highest BCUT2D eigenvalue weighted by molar-refractivity contribution is 7.89. The predicted octanol–water partition coefficient (Wildman–Crippen LogP) is 0.987. The first-order chi connectivity index (χ1) is 9.59. The minimum atomic E-state index is -3.93. The van der Waals surface area contributed by atoms with Crippen molar-refractivity contribution in [1.82, 2.24) is 4.72 Å². The van der Waals surface area contributed by atoms with Crippen molar-refractivity contribution in [2.75, 3.05) is 13.2 Å². The fraction of sp³-hybridized carbons (Fsp3) is 0.500. The average molecular weight is 318 g/mol. The number of nitro benzene ring substituents is 1. The van der Waals surface area contributed by atoms with Gasteiger partial charge in [-0.15, -0.1) is 0 Å². The Balaban J connectivity index is 2.99. The molecule has 0 saturated heterocycles. The van der Waals surface area contributed by atoms with E-state index in [4.69, 9.17) is 5.11 Å². The monoisotopic (exact) mass is 318 g/mol. The zero-order valence-electron chi connectivity index (χ0n) is 11.7. The van der Waals surface area contributed by atoms with E-state index < -0.39 is 31.8 Å². The molecule has 0 spiro atoms. The largest absolute Gasteiger partial charge is 0.502 e. The van der Waals surface area contributed by atoms with Crippen molar-refractivity contribution in [2.45, 2.75) is 25.2 Å². The number of hydrogen-bond donors (Lipinski definition) is 3. The second kappa shape index (κ2) is 6.37. The fourth-order valence-electron chi connectivity index (χ4n) is 1.58. The molecular weight excluding hydrogens is 300 g/mol. The molecule has 0 aliphatic heterocycles. The first kappa shape index (κ1) is 17.3. The maximum Gasteiger partial charge on any atom is 0.312 e. The molecular formula is C12H18N2O6S. The first-order valence-electron chi connectivity index (χ1n) is 6.17. The number of phenols is 1. The van der Waals surface area contributed by atoms with Crippen LogP contribution in [0.1, 0.15) is 20.3 Å². The van der Waals surface area contributed by atoms with E-state index in [1.165, 1.54) is 0 Å². The molecule has 8 nitrogen and oxygen atoms in total. The van der Waals surface area contributed by atoms with E-state index in [9.17, 15) is 23.6 Å². The molecule has 0 aliphatic rings. The van der Waals surface area contributed by atoms with Crippen LogP contribution < -0.4 is 4.72 Å². The zero-order chi connectivity index (χ0) is 16.3. The van der Waals surface area contributed by atoms with Gasteiger partial charge in [-0.2, -0.15) is 0 Å². The van der Waals surface area contributed by atoms with Crippen LogP contribution in [0, 0.1) is 15.5 Å². The van der Waals surface area contributed by atoms with Crippen molar-refractivity contribution < 1.29 is 23.6 Å². The predicted molar refractivity (Wildman–Crippen MR) is 75.4 cm³/mol. The van der Waals surface area contributed by atoms with Crippen molar-refractivity contribution in [2.24, 2.45) is 5.41 Å². The van der Waals surface area contributed by atoms with Gasteiger partial charge in [0.05, 0.1) is 9.82 Å². The van der Waals surface area contributed by atoms with Crippen LogP contribution in [0.3, 0.4) is 0 Å². The van der Waals surface area contributed by atoms with Crippen molar-refractivity contribution in [3.05, 3.63) is 28.3 Å². The molecule has 3 N–H and O–H groups in total. The van der Waals surface area contributed by atoms with Gasteiger partial charge >= 0.3 is 5.69 Å². The van der Waals surface area contributed by atoms with Crippen molar-refractivity contribution >= 4 is 15.7 Å². The van der Waals surface area contributed by atoms with Crippen LogP contribution in [0.25, 0.3) is 0 Å². The third-order valence-corrected chi connectivity index (χ3v) is 4.38. The molecule has 0 bridgehead atoms. The van der Waals surface area contributed by atoms with E-state index in [-0.39, 0.29) is 18.0 Å². The molecule has 21 heavy (non-hydrogen) atoms. The standard InChI is InChI=1S/C12H18N2O6S/c1-12(2,5-6-15)8-13-21(19,20)9-3-4-11(16)10(7-9)14(17)18/h3-4,7,13,15-16H,5-6,8H2,1-2H3. The molecule has 0 fully saturated rings. The maximum absolute atomic E-state index is 12.1. The van der Waals surface area contributed by atoms with Crippen molar-refractivity contribution in [3.63, 3.8) is 0 Å². The lowest BCUT2D eigenvalue weighted by atomic mass is 9.90. The van der Waals surface area contributed by atoms with Gasteiger partial charge in [-0.1, -0.05) is 13.8 Å². The summed E-state index contributed by atoms with van der Waals surface area (Å²) in [5.41, 5.74) is -1.13. The third kappa shape index (κ3) is 4.66. The number of aliphatic hydroxyl groups excluding tert-OH is 1. The van der Waals surface area contributed by atoms with Gasteiger partial charge in [0.2, 0.25) is 10.0 Å². The highest BCUT2D eigenvalue weighted by atomic mass is 32.2. The minimum Gasteiger partial charge on any atom is -0.502 e. The lowest BCUT2D eigenvalue weighted by Crippen LogP contribution is -2.34. The van der Waals surface area contributed by atoms with Crippen molar-refractivity contribution in [3.8, 4) is 5.75 Å². The van der Waals surface area contributed by atoms with E-state index in [1.807, 2.05) is 0 Å². The summed E-state index contributed by atoms with van der Waals surface area (Å²) in [7, 11) is -3.93. The zero-order valence-corrected chi connectivity index (χ0v) is 12.6. The SMILES string of the molecule is CC(C)(CCO)CNS(=O)(=O)c1ccc(O)c([N+](=O)[O-])c1. The van der Waals surface area contributed by atoms with Gasteiger partial charge in [-0.05, 0) is 24.0 Å². The molecule has 0 aromatic heterocycles. The number of rotatable bonds is 7. The lowest BCUT2D eigenvalue weighted by Gasteiger charge is -2.23. The first-order valence-corrected chi connectivity index (χ1v) is 7.65. The molecule has 0 heterocycles. The van der Waals surface area contributed by atoms with E-state index in [0.29, 0.717) is 6.42 Å². The average Bonchev–Trinajstić information content (AvgIpc) is 2.36. The normalized spacial score (nSPS) is 12.3. The Morgan fingerprint density at radius 1 is 1.38 bits per heavy atom. The summed E-state index contributed by atoms with van der Waals surface area (Å²) >= 11 is 0. The summed E-state index contributed by atoms with van der Waals surface area (Å²) in [6, 6.07) is 2.85. The van der Waals surface area contributed by atoms with Crippen molar-refractivity contribution in [1.29, 1.82) is 0 Å². The number of nitro groups is 1. The van der Waals surface area contributed by atoms with Gasteiger partial charge in [0, 0.05) is 19.2 Å². The second-order valence-corrected chi connectivity index (χ2v) is 7.14. The highest BCUT2D eigenvalue weighted by Crippen LogP contribution is 2.28. The number of aromatic hydroxyl groups is 1. The Morgan fingerprint density at radius 3 is 2.52 bits per heavy atom. The lowest BCUT2D eigenvalue weighted by molar-refractivity contribution is -0.386. The van der Waals surface area contributed by atoms with E-state index in [0.717, 1.165) is 18.2 Å². The maximum atomic E-state index is 12.1. The Morgan fingerprint density at radius 2 is 2.00 bits per heavy atom. The summed E-state index contributed by atoms with van der Waals surface area (Å²) in [6.07, 6.45) is 0.408. The van der Waals surface area contributed by atoms with Crippen LogP contribution in [-0.2, 0) is 10.0 Å². The molecule has 1 rings (SSSR count). The van der Waals surface area contributed by atoms with Crippen LogP contribution in [0.15, 0.2) is 23.1 Å². The van der Waals surface area contributed by atoms with E-state index in [2.05, 4.69) is 4.72 Å². The molecule has 0 atom stereocenters. The summed E-state index contributed by atoms with van der Waals surface area (Å²) < 4.78 is 26.5. The summed E-state index contributed by atoms with van der Waals surface area (Å²) in [6.45, 7) is 3.57. The number of aliphatic hydroxyl groups is 1. The molecule has 0 amide bonds. The number of hydrogen-bond acceptors (Lipinski definition) is 6. The Kier molecular flexibility index (Phi) is 5.26. The molecule has 0 radical (unpaired) electrons. The van der Waals surface area contributed by atoms with Crippen LogP contribution in [-0.4, -0.2) is 36.7 Å². The minimum absolute atomic E-state index is 0.0700. The molecule has 0 aliphatic carbocycles. The second-order valence-electron chi connectivity index (χ2n) is 5.37. The Labute approximate surface area is 122 Å². The van der Waals surface area contributed by atoms with Crippen LogP contribution in [0.4, 0.5) is 5.69 Å². The highest BCUT2D eigenvalue weighted by Gasteiger charge is 2.24. The quantitative estimate of drug-likeness (QED) is 0.507. The van der Waals surface area contributed by atoms with E-state index >= 15 is 0 Å². The van der Waals surface area contributed by atoms with Gasteiger partial charge in [-0.25, -0.2) is 13.1 Å². The third-order valence-electron chi connectivity index (χ3n) is 2.98. The van der Waals surface area contributed by atoms with E-state index in [1.54, 1.807) is 13.8 Å². The van der Waals surface area contributed by atoms with Crippen LogP contribution in [0.2, 0.25) is 0 Å². The number of nitrogens with one attached hydrogen (secondary N) is 1. The molecule has 1 aromatic rings. The Bertz CT molecular complexity index is 627. The van der Waals surface area contributed by atoms with Gasteiger partial charge < -0.3 is 10.2 Å². The van der Waals surface area contributed by atoms with Gasteiger partial charge in [0.25, 0.3) is 0 Å². The smallest absolute Gasteiger partial charge is 0.312 e. The molecule has 118 valence electrons. The van der Waals surface area contributed by atoms with Gasteiger partial charge in [-0.3, -0.25) is 10.1 Å². The number of phenolic OH excluding ortho intramolecular Hbond substituents is 1. The fourth-order valence-corrected chi connectivity index (χ4v) is 2.84. The molecule has 9 heteroatoms. The number of benzene rings is 1. The summed E-state index contributed by atoms with van der Waals surface area (Å²) in [4.78, 5) is 9.55. The molecule has 0 saturated carbocycles. The van der Waals surface area contributed by atoms with Crippen LogP contribution >= 0.6 is 0 Å². The summed E-state index contributed by atoms with van der Waals surface area (Å²) in [5, 5.41) is 28.9. The molecule has 1 aromatic carbocycles. The summed E-state index contributed by atoms with van der Waals surface area (Å²) in [5.74, 6) is -0.598. The molecule has 0 unspecified atom stereocenters. The van der Waals surface area contributed by atoms with Gasteiger partial charge in [0.1, 0.15) is 0 Å². The van der Waals surface area contributed by atoms with Crippen LogP contribution in [0.5, 0.6) is 5.75 Å². The number of sulfonamides is 1. The topological polar surface area (TPSA) is 130 Å². The Hall–Kier alpha value is -1.71. The van der Waals surface area contributed by atoms with Gasteiger partial charge in [0.15, 0.2) is 5.75 Å². The number of nitrogens with zero attached hydrogens (tertiary/aromatic N) is 1.